The predicted molar refractivity (Wildman–Crippen MR) is 343 cm³/mol. The van der Waals surface area contributed by atoms with E-state index in [9.17, 15) is 14.4 Å². The zero-order valence-corrected chi connectivity index (χ0v) is 51.9. The molecule has 0 radical (unpaired) electrons. The van der Waals surface area contributed by atoms with Crippen LogP contribution in [0.3, 0.4) is 0 Å². The van der Waals surface area contributed by atoms with Gasteiger partial charge in [0.05, 0.1) is 0 Å². The summed E-state index contributed by atoms with van der Waals surface area (Å²) >= 11 is 0. The number of ether oxygens (including phenoxy) is 3. The molecule has 1 unspecified atom stereocenters. The Bertz CT molecular complexity index is 1590. The Morgan fingerprint density at radius 1 is 0.266 bits per heavy atom. The van der Waals surface area contributed by atoms with Gasteiger partial charge in [0.2, 0.25) is 0 Å². The third-order valence-electron chi connectivity index (χ3n) is 14.2. The van der Waals surface area contributed by atoms with Gasteiger partial charge < -0.3 is 14.2 Å². The summed E-state index contributed by atoms with van der Waals surface area (Å²) in [6.45, 7) is 6.51. The van der Waals surface area contributed by atoms with Crippen molar-refractivity contribution in [1.29, 1.82) is 0 Å². The van der Waals surface area contributed by atoms with Crippen LogP contribution in [0.15, 0.2) is 109 Å². The van der Waals surface area contributed by atoms with Gasteiger partial charge in [-0.1, -0.05) is 278 Å². The fourth-order valence-corrected chi connectivity index (χ4v) is 9.24. The summed E-state index contributed by atoms with van der Waals surface area (Å²) in [6.07, 6.45) is 90.9. The van der Waals surface area contributed by atoms with Crippen LogP contribution in [0, 0.1) is 0 Å². The molecule has 0 aliphatic carbocycles. The maximum absolute atomic E-state index is 12.9. The van der Waals surface area contributed by atoms with E-state index in [2.05, 4.69) is 130 Å². The summed E-state index contributed by atoms with van der Waals surface area (Å²) in [5.41, 5.74) is 0. The number of unbranched alkanes of at least 4 members (excludes halogenated alkanes) is 31. The van der Waals surface area contributed by atoms with Gasteiger partial charge in [0.15, 0.2) is 6.10 Å². The van der Waals surface area contributed by atoms with E-state index < -0.39 is 6.10 Å². The lowest BCUT2D eigenvalue weighted by atomic mass is 10.1. The average Bonchev–Trinajstić information content (AvgIpc) is 3.45. The molecule has 0 aliphatic heterocycles. The van der Waals surface area contributed by atoms with Gasteiger partial charge in [-0.15, -0.1) is 0 Å². The maximum atomic E-state index is 12.9. The Balaban J connectivity index is 4.45. The van der Waals surface area contributed by atoms with E-state index >= 15 is 0 Å². The number of hydrogen-bond acceptors (Lipinski definition) is 6. The van der Waals surface area contributed by atoms with Crippen molar-refractivity contribution in [2.45, 2.75) is 322 Å². The molecule has 0 aromatic heterocycles. The van der Waals surface area contributed by atoms with Gasteiger partial charge in [-0.05, 0) is 128 Å². The Morgan fingerprint density at radius 3 is 0.785 bits per heavy atom. The van der Waals surface area contributed by atoms with E-state index in [0.29, 0.717) is 19.3 Å². The van der Waals surface area contributed by atoms with Gasteiger partial charge in [-0.25, -0.2) is 0 Å². The number of rotatable bonds is 60. The van der Waals surface area contributed by atoms with Gasteiger partial charge in [0.25, 0.3) is 0 Å². The third kappa shape index (κ3) is 64.8. The molecule has 79 heavy (non-hydrogen) atoms. The van der Waals surface area contributed by atoms with E-state index in [4.69, 9.17) is 14.2 Å². The molecule has 0 heterocycles. The van der Waals surface area contributed by atoms with Crippen molar-refractivity contribution in [1.82, 2.24) is 0 Å². The minimum absolute atomic E-state index is 0.0905. The first-order valence-corrected chi connectivity index (χ1v) is 33.4. The van der Waals surface area contributed by atoms with Crippen LogP contribution in [-0.2, 0) is 28.6 Å². The van der Waals surface area contributed by atoms with Crippen molar-refractivity contribution in [3.05, 3.63) is 109 Å². The predicted octanol–water partition coefficient (Wildman–Crippen LogP) is 23.0. The molecule has 0 bridgehead atoms. The minimum atomic E-state index is -0.797. The fraction of sp³-hybridized carbons (Fsp3) is 0.712. The molecule has 0 amide bonds. The second kappa shape index (κ2) is 66.6. The first-order chi connectivity index (χ1) is 39.0. The quantitative estimate of drug-likeness (QED) is 0.0261. The molecule has 0 rings (SSSR count). The topological polar surface area (TPSA) is 78.9 Å². The van der Waals surface area contributed by atoms with E-state index in [1.54, 1.807) is 0 Å². The minimum Gasteiger partial charge on any atom is -0.462 e. The number of hydrogen-bond donors (Lipinski definition) is 0. The summed E-state index contributed by atoms with van der Waals surface area (Å²) in [5, 5.41) is 0. The van der Waals surface area contributed by atoms with Crippen LogP contribution < -0.4 is 0 Å². The molecular weight excluding hydrogens is 973 g/mol. The van der Waals surface area contributed by atoms with Gasteiger partial charge in [0.1, 0.15) is 13.2 Å². The standard InChI is InChI=1S/C73H124O6/c1-4-7-10-13-16-19-22-25-28-31-33-35-36-38-39-42-45-48-51-54-57-60-63-66-72(75)78-69-70(68-77-71(74)65-62-59-56-53-50-47-44-41-30-27-24-21-18-15-12-9-6-3)79-73(76)67-64-61-58-55-52-49-46-43-40-37-34-32-29-26-23-20-17-14-11-8-5-2/h7,10,16,19,23,25-28,30,32-35,38-39,45,48,70H,4-6,8-9,11-15,17-18,20-22,24,29,31,36-37,40-44,46-47,49-69H2,1-3H3/b10-7-,19-16-,26-23-,28-25-,30-27-,34-32-,35-33-,39-38-,48-45-. The van der Waals surface area contributed by atoms with Crippen molar-refractivity contribution in [2.75, 3.05) is 13.2 Å². The van der Waals surface area contributed by atoms with E-state index in [1.165, 1.54) is 161 Å². The molecule has 0 aliphatic rings. The maximum Gasteiger partial charge on any atom is 0.306 e. The average molecular weight is 1100 g/mol. The van der Waals surface area contributed by atoms with Crippen LogP contribution in [0.5, 0.6) is 0 Å². The monoisotopic (exact) mass is 1100 g/mol. The second-order valence-electron chi connectivity index (χ2n) is 22.0. The van der Waals surface area contributed by atoms with Crippen molar-refractivity contribution in [2.24, 2.45) is 0 Å². The Labute approximate surface area is 489 Å². The molecule has 0 saturated carbocycles. The molecule has 0 N–H and O–H groups in total. The summed E-state index contributed by atoms with van der Waals surface area (Å²) in [5.74, 6) is -0.915. The molecular formula is C73H124O6. The number of carbonyl (C=O) groups is 3. The van der Waals surface area contributed by atoms with Gasteiger partial charge >= 0.3 is 17.9 Å². The summed E-state index contributed by atoms with van der Waals surface area (Å²) in [6, 6.07) is 0. The third-order valence-corrected chi connectivity index (χ3v) is 14.2. The summed E-state index contributed by atoms with van der Waals surface area (Å²) < 4.78 is 16.9. The van der Waals surface area contributed by atoms with Crippen molar-refractivity contribution in [3.8, 4) is 0 Å². The Morgan fingerprint density at radius 2 is 0.494 bits per heavy atom. The fourth-order valence-electron chi connectivity index (χ4n) is 9.24. The highest BCUT2D eigenvalue weighted by Gasteiger charge is 2.19. The van der Waals surface area contributed by atoms with Crippen LogP contribution in [0.1, 0.15) is 316 Å². The molecule has 6 heteroatoms. The first kappa shape index (κ1) is 75.1. The molecule has 0 spiro atoms. The number of esters is 3. The first-order valence-electron chi connectivity index (χ1n) is 33.4. The summed E-state index contributed by atoms with van der Waals surface area (Å²) in [7, 11) is 0. The van der Waals surface area contributed by atoms with Crippen LogP contribution in [0.4, 0.5) is 0 Å². The molecule has 6 nitrogen and oxygen atoms in total. The number of carbonyl (C=O) groups excluding carboxylic acids is 3. The molecule has 0 fully saturated rings. The molecule has 1 atom stereocenters. The van der Waals surface area contributed by atoms with Crippen LogP contribution in [0.25, 0.3) is 0 Å². The van der Waals surface area contributed by atoms with Crippen molar-refractivity contribution >= 4 is 17.9 Å². The Kier molecular flexibility index (Phi) is 63.3. The highest BCUT2D eigenvalue weighted by Crippen LogP contribution is 2.16. The van der Waals surface area contributed by atoms with Gasteiger partial charge in [-0.3, -0.25) is 14.4 Å². The zero-order valence-electron chi connectivity index (χ0n) is 51.9. The Hall–Kier alpha value is -3.93. The van der Waals surface area contributed by atoms with E-state index in [1.807, 2.05) is 0 Å². The molecule has 0 aromatic carbocycles. The molecule has 0 saturated heterocycles. The highest BCUT2D eigenvalue weighted by molar-refractivity contribution is 5.71. The largest absolute Gasteiger partial charge is 0.462 e. The second-order valence-corrected chi connectivity index (χ2v) is 22.0. The van der Waals surface area contributed by atoms with Gasteiger partial charge in [0, 0.05) is 19.3 Å². The lowest BCUT2D eigenvalue weighted by molar-refractivity contribution is -0.167. The lowest BCUT2D eigenvalue weighted by Gasteiger charge is -2.18. The molecule has 0 aromatic rings. The highest BCUT2D eigenvalue weighted by atomic mass is 16.6. The van der Waals surface area contributed by atoms with Crippen LogP contribution >= 0.6 is 0 Å². The van der Waals surface area contributed by atoms with Crippen molar-refractivity contribution in [3.63, 3.8) is 0 Å². The summed E-state index contributed by atoms with van der Waals surface area (Å²) in [4.78, 5) is 38.4. The normalized spacial score (nSPS) is 12.8. The zero-order chi connectivity index (χ0) is 57.1. The number of allylic oxidation sites excluding steroid dienone is 18. The lowest BCUT2D eigenvalue weighted by Crippen LogP contribution is -2.30. The van der Waals surface area contributed by atoms with E-state index in [0.717, 1.165) is 116 Å². The molecule has 452 valence electrons. The van der Waals surface area contributed by atoms with Crippen LogP contribution in [0.2, 0.25) is 0 Å². The van der Waals surface area contributed by atoms with Crippen LogP contribution in [-0.4, -0.2) is 37.2 Å². The van der Waals surface area contributed by atoms with E-state index in [-0.39, 0.29) is 31.1 Å². The smallest absolute Gasteiger partial charge is 0.306 e. The van der Waals surface area contributed by atoms with Crippen molar-refractivity contribution < 1.29 is 28.6 Å². The van der Waals surface area contributed by atoms with Gasteiger partial charge in [-0.2, -0.15) is 0 Å². The SMILES string of the molecule is CC/C=C\C/C=C\C/C=C\C/C=C\C/C=C\C/C=C\CCCCCCC(=O)OCC(COC(=O)CCCCCCCCC/C=C\CCCCCCCC)OC(=O)CCCCCCCCCCC/C=C\C/C=C\CCCCCCC.